The molecule has 4 nitrogen and oxygen atoms in total. The number of carboxylic acids is 1. The van der Waals surface area contributed by atoms with Gasteiger partial charge in [-0.15, -0.1) is 6.58 Å². The predicted molar refractivity (Wildman–Crippen MR) is 66.6 cm³/mol. The maximum Gasteiger partial charge on any atom is 0.341 e. The first kappa shape index (κ1) is 13.2. The van der Waals surface area contributed by atoms with Crippen LogP contribution in [0.5, 0.6) is 0 Å². The van der Waals surface area contributed by atoms with E-state index < -0.39 is 11.5 Å². The van der Waals surface area contributed by atoms with Crippen molar-refractivity contribution in [3.05, 3.63) is 45.9 Å². The number of carboxylic acid groups (broad SMARTS) is 1. The highest BCUT2D eigenvalue weighted by molar-refractivity contribution is 5.88. The van der Waals surface area contributed by atoms with Crippen LogP contribution in [0.25, 0.3) is 0 Å². The summed E-state index contributed by atoms with van der Waals surface area (Å²) in [5.74, 6) is -1.16. The molecule has 0 radical (unpaired) electrons. The van der Waals surface area contributed by atoms with E-state index in [1.54, 1.807) is 19.1 Å². The molecular formula is C13H17NO3. The van der Waals surface area contributed by atoms with E-state index in [2.05, 4.69) is 6.58 Å². The van der Waals surface area contributed by atoms with Gasteiger partial charge in [0.15, 0.2) is 0 Å². The van der Waals surface area contributed by atoms with Crippen molar-refractivity contribution in [1.82, 2.24) is 4.57 Å². The smallest absolute Gasteiger partial charge is 0.341 e. The van der Waals surface area contributed by atoms with Crippen molar-refractivity contribution in [2.45, 2.75) is 33.2 Å². The molecule has 92 valence electrons. The van der Waals surface area contributed by atoms with E-state index in [1.807, 2.05) is 6.92 Å². The number of aromatic nitrogens is 1. The van der Waals surface area contributed by atoms with Crippen LogP contribution in [0.2, 0.25) is 0 Å². The number of allylic oxidation sites excluding steroid dienone is 1. The average Bonchev–Trinajstić information content (AvgIpc) is 2.21. The Bertz CT molecular complexity index is 500. The fourth-order valence-corrected chi connectivity index (χ4v) is 1.86. The minimum Gasteiger partial charge on any atom is -0.477 e. The molecule has 1 N–H and O–H groups in total. The zero-order valence-electron chi connectivity index (χ0n) is 10.2. The van der Waals surface area contributed by atoms with Crippen LogP contribution in [0.15, 0.2) is 23.5 Å². The topological polar surface area (TPSA) is 59.3 Å². The third-order valence-corrected chi connectivity index (χ3v) is 2.71. The molecule has 0 bridgehead atoms. The lowest BCUT2D eigenvalue weighted by atomic mass is 10.1. The molecule has 0 aliphatic carbocycles. The first-order chi connectivity index (χ1) is 7.99. The summed E-state index contributed by atoms with van der Waals surface area (Å²) in [7, 11) is 0. The summed E-state index contributed by atoms with van der Waals surface area (Å²) in [4.78, 5) is 23.0. The Morgan fingerprint density at radius 1 is 1.53 bits per heavy atom. The molecule has 0 amide bonds. The van der Waals surface area contributed by atoms with Crippen LogP contribution in [0, 0.1) is 13.8 Å². The Morgan fingerprint density at radius 3 is 2.71 bits per heavy atom. The van der Waals surface area contributed by atoms with Crippen LogP contribution in [-0.2, 0) is 6.54 Å². The summed E-state index contributed by atoms with van der Waals surface area (Å²) in [6.45, 7) is 7.60. The van der Waals surface area contributed by atoms with Gasteiger partial charge in [-0.3, -0.25) is 4.79 Å². The highest BCUT2D eigenvalue weighted by Crippen LogP contribution is 2.07. The maximum atomic E-state index is 12.0. The summed E-state index contributed by atoms with van der Waals surface area (Å²) in [5, 5.41) is 9.00. The molecule has 0 fully saturated rings. The molecule has 0 aromatic carbocycles. The van der Waals surface area contributed by atoms with Crippen LogP contribution in [0.3, 0.4) is 0 Å². The second kappa shape index (κ2) is 5.48. The summed E-state index contributed by atoms with van der Waals surface area (Å²) in [6, 6.07) is 1.73. The summed E-state index contributed by atoms with van der Waals surface area (Å²) >= 11 is 0. The van der Waals surface area contributed by atoms with E-state index in [1.165, 1.54) is 4.57 Å². The third-order valence-electron chi connectivity index (χ3n) is 2.71. The second-order valence-electron chi connectivity index (χ2n) is 4.04. The molecule has 0 atom stereocenters. The fraction of sp³-hybridized carbons (Fsp3) is 0.385. The first-order valence-corrected chi connectivity index (χ1v) is 5.54. The van der Waals surface area contributed by atoms with Gasteiger partial charge in [0.05, 0.1) is 0 Å². The molecular weight excluding hydrogens is 218 g/mol. The van der Waals surface area contributed by atoms with E-state index >= 15 is 0 Å². The molecule has 0 aliphatic heterocycles. The standard InChI is InChI=1S/C13H17NO3/c1-4-5-6-7-14-10(3)8-9(2)11(12(14)15)13(16)17/h4,8H,1,5-7H2,2-3H3,(H,16,17). The third kappa shape index (κ3) is 2.84. The number of unbranched alkanes of at least 4 members (excludes halogenated alkanes) is 1. The van der Waals surface area contributed by atoms with E-state index in [0.717, 1.165) is 18.5 Å². The van der Waals surface area contributed by atoms with E-state index in [-0.39, 0.29) is 5.56 Å². The van der Waals surface area contributed by atoms with Gasteiger partial charge in [-0.25, -0.2) is 4.79 Å². The van der Waals surface area contributed by atoms with Gasteiger partial charge in [-0.1, -0.05) is 6.08 Å². The van der Waals surface area contributed by atoms with Crippen LogP contribution < -0.4 is 5.56 Å². The Hall–Kier alpha value is -1.84. The number of pyridine rings is 1. The number of rotatable bonds is 5. The molecule has 0 spiro atoms. The zero-order valence-corrected chi connectivity index (χ0v) is 10.2. The lowest BCUT2D eigenvalue weighted by molar-refractivity contribution is 0.0693. The van der Waals surface area contributed by atoms with Gasteiger partial charge in [0, 0.05) is 12.2 Å². The van der Waals surface area contributed by atoms with Crippen molar-refractivity contribution in [3.63, 3.8) is 0 Å². The Morgan fingerprint density at radius 2 is 2.18 bits per heavy atom. The van der Waals surface area contributed by atoms with Crippen LogP contribution in [-0.4, -0.2) is 15.6 Å². The number of hydrogen-bond acceptors (Lipinski definition) is 2. The lowest BCUT2D eigenvalue weighted by Gasteiger charge is -2.12. The van der Waals surface area contributed by atoms with Crippen molar-refractivity contribution >= 4 is 5.97 Å². The van der Waals surface area contributed by atoms with Crippen molar-refractivity contribution in [2.75, 3.05) is 0 Å². The quantitative estimate of drug-likeness (QED) is 0.628. The number of nitrogens with zero attached hydrogens (tertiary/aromatic N) is 1. The molecule has 17 heavy (non-hydrogen) atoms. The van der Waals surface area contributed by atoms with Gasteiger partial charge in [-0.2, -0.15) is 0 Å². The van der Waals surface area contributed by atoms with Gasteiger partial charge in [0.1, 0.15) is 5.56 Å². The highest BCUT2D eigenvalue weighted by atomic mass is 16.4. The Kier molecular flexibility index (Phi) is 4.26. The molecule has 1 heterocycles. The van der Waals surface area contributed by atoms with E-state index in [0.29, 0.717) is 12.1 Å². The number of aryl methyl sites for hydroxylation is 2. The number of aromatic carboxylic acids is 1. The van der Waals surface area contributed by atoms with Crippen molar-refractivity contribution in [1.29, 1.82) is 0 Å². The minimum absolute atomic E-state index is 0.130. The highest BCUT2D eigenvalue weighted by Gasteiger charge is 2.15. The SMILES string of the molecule is C=CCCCn1c(C)cc(C)c(C(=O)O)c1=O. The summed E-state index contributed by atoms with van der Waals surface area (Å²) in [6.07, 6.45) is 3.38. The van der Waals surface area contributed by atoms with Crippen molar-refractivity contribution < 1.29 is 9.90 Å². The first-order valence-electron chi connectivity index (χ1n) is 5.54. The Labute approximate surface area is 100 Å². The molecule has 0 unspecified atom stereocenters. The van der Waals surface area contributed by atoms with Crippen LogP contribution in [0.4, 0.5) is 0 Å². The number of hydrogen-bond donors (Lipinski definition) is 1. The summed E-state index contributed by atoms with van der Waals surface area (Å²) < 4.78 is 1.51. The van der Waals surface area contributed by atoms with Crippen molar-refractivity contribution in [2.24, 2.45) is 0 Å². The lowest BCUT2D eigenvalue weighted by Crippen LogP contribution is -2.29. The van der Waals surface area contributed by atoms with Crippen LogP contribution in [0.1, 0.15) is 34.5 Å². The monoisotopic (exact) mass is 235 g/mol. The Balaban J connectivity index is 3.21. The van der Waals surface area contributed by atoms with Gasteiger partial charge in [0.25, 0.3) is 5.56 Å². The molecule has 1 aromatic heterocycles. The molecule has 1 aromatic rings. The molecule has 1 rings (SSSR count). The molecule has 0 saturated heterocycles. The van der Waals surface area contributed by atoms with E-state index in [9.17, 15) is 9.59 Å². The van der Waals surface area contributed by atoms with Crippen molar-refractivity contribution in [3.8, 4) is 0 Å². The van der Waals surface area contributed by atoms with Gasteiger partial charge >= 0.3 is 5.97 Å². The van der Waals surface area contributed by atoms with Crippen LogP contribution >= 0.6 is 0 Å². The normalized spacial score (nSPS) is 10.2. The van der Waals surface area contributed by atoms with Gasteiger partial charge in [-0.05, 0) is 38.3 Å². The van der Waals surface area contributed by atoms with Gasteiger partial charge < -0.3 is 9.67 Å². The molecule has 0 saturated carbocycles. The summed E-state index contributed by atoms with van der Waals surface area (Å²) in [5.41, 5.74) is 0.759. The van der Waals surface area contributed by atoms with E-state index in [4.69, 9.17) is 5.11 Å². The zero-order chi connectivity index (χ0) is 13.0. The minimum atomic E-state index is -1.16. The number of carbonyl (C=O) groups is 1. The molecule has 0 aliphatic rings. The predicted octanol–water partition coefficient (Wildman–Crippen LogP) is 2.13. The average molecular weight is 235 g/mol. The second-order valence-corrected chi connectivity index (χ2v) is 4.04. The largest absolute Gasteiger partial charge is 0.477 e. The fourth-order valence-electron chi connectivity index (χ4n) is 1.86. The molecule has 4 heteroatoms. The van der Waals surface area contributed by atoms with Gasteiger partial charge in [0.2, 0.25) is 0 Å². The maximum absolute atomic E-state index is 12.0.